The van der Waals surface area contributed by atoms with Gasteiger partial charge in [-0.1, -0.05) is 17.7 Å². The number of alkyl halides is 3. The first-order chi connectivity index (χ1) is 18.6. The highest BCUT2D eigenvalue weighted by atomic mass is 35.5. The van der Waals surface area contributed by atoms with E-state index < -0.39 is 16.8 Å². The molecule has 0 bridgehead atoms. The summed E-state index contributed by atoms with van der Waals surface area (Å²) in [5, 5.41) is 3.24. The molecule has 0 radical (unpaired) electrons. The van der Waals surface area contributed by atoms with E-state index >= 15 is 0 Å². The van der Waals surface area contributed by atoms with Crippen molar-refractivity contribution in [3.8, 4) is 11.9 Å². The molecule has 2 atom stereocenters. The number of nitrogens with one attached hydrogen (secondary N) is 1. The van der Waals surface area contributed by atoms with E-state index in [0.29, 0.717) is 37.4 Å². The summed E-state index contributed by atoms with van der Waals surface area (Å²) in [7, 11) is 3.06. The molecule has 0 aliphatic carbocycles. The lowest BCUT2D eigenvalue weighted by molar-refractivity contribution is -0.137. The number of nitrogens with zero attached hydrogens (tertiary/aromatic N) is 3. The van der Waals surface area contributed by atoms with Gasteiger partial charge in [0, 0.05) is 44.5 Å². The molecule has 3 heterocycles. The average Bonchev–Trinajstić information content (AvgIpc) is 2.92. The van der Waals surface area contributed by atoms with Crippen molar-refractivity contribution < 1.29 is 36.9 Å². The van der Waals surface area contributed by atoms with Gasteiger partial charge in [-0.2, -0.15) is 23.1 Å². The molecule has 1 aromatic heterocycles. The highest BCUT2D eigenvalue weighted by Gasteiger charge is 2.34. The van der Waals surface area contributed by atoms with Gasteiger partial charge in [0.05, 0.1) is 30.4 Å². The zero-order valence-electron chi connectivity index (χ0n) is 22.0. The number of hydrogen-bond donors (Lipinski definition) is 1. The van der Waals surface area contributed by atoms with Gasteiger partial charge in [0.2, 0.25) is 5.88 Å². The summed E-state index contributed by atoms with van der Waals surface area (Å²) in [4.78, 5) is 23.6. The zero-order valence-corrected chi connectivity index (χ0v) is 22.8. The van der Waals surface area contributed by atoms with E-state index in [9.17, 15) is 18.0 Å². The van der Waals surface area contributed by atoms with E-state index in [-0.39, 0.29) is 48.3 Å². The summed E-state index contributed by atoms with van der Waals surface area (Å²) < 4.78 is 61.0. The topological polar surface area (TPSA) is 95.0 Å². The standard InChI is InChI=1S/C26H32ClF3N4O5/c1-15-22(24(35)34-9-6-17(7-10-34)31-20-8-11-38-14-21(20)36-2)32-25(37-3)33-23(15)39-13-16-4-5-18(19(27)12-16)26(28,29)30/h4-5,12,17,20-21,31H,6-11,13-14H2,1-3H3/t20-,21?/m0/s1. The molecule has 2 aliphatic heterocycles. The third-order valence-electron chi connectivity index (χ3n) is 7.02. The Hall–Kier alpha value is -2.67. The predicted molar refractivity (Wildman–Crippen MR) is 136 cm³/mol. The minimum Gasteiger partial charge on any atom is -0.472 e. The van der Waals surface area contributed by atoms with Crippen LogP contribution >= 0.6 is 11.6 Å². The number of aromatic nitrogens is 2. The van der Waals surface area contributed by atoms with Gasteiger partial charge in [0.1, 0.15) is 12.3 Å². The fourth-order valence-electron chi connectivity index (χ4n) is 4.78. The Morgan fingerprint density at radius 2 is 1.95 bits per heavy atom. The van der Waals surface area contributed by atoms with E-state index in [1.54, 1.807) is 18.9 Å². The number of hydrogen-bond acceptors (Lipinski definition) is 8. The van der Waals surface area contributed by atoms with Gasteiger partial charge in [-0.05, 0) is 43.9 Å². The summed E-state index contributed by atoms with van der Waals surface area (Å²) in [5.41, 5.74) is 0.0420. The fourth-order valence-corrected chi connectivity index (χ4v) is 5.09. The van der Waals surface area contributed by atoms with E-state index in [2.05, 4.69) is 15.3 Å². The molecular formula is C26H32ClF3N4O5. The maximum atomic E-state index is 13.4. The molecule has 2 fully saturated rings. The molecule has 214 valence electrons. The molecule has 4 rings (SSSR count). The molecule has 1 unspecified atom stereocenters. The normalized spacial score (nSPS) is 20.6. The summed E-state index contributed by atoms with van der Waals surface area (Å²) in [6, 6.07) is 3.79. The Kier molecular flexibility index (Phi) is 9.52. The molecule has 9 nitrogen and oxygen atoms in total. The molecule has 1 amide bonds. The molecule has 2 saturated heterocycles. The number of piperidine rings is 1. The predicted octanol–water partition coefficient (Wildman–Crippen LogP) is 4.04. The lowest BCUT2D eigenvalue weighted by Gasteiger charge is -2.38. The Morgan fingerprint density at radius 3 is 2.59 bits per heavy atom. The second-order valence-electron chi connectivity index (χ2n) is 9.57. The summed E-state index contributed by atoms with van der Waals surface area (Å²) in [5.74, 6) is -0.169. The average molecular weight is 573 g/mol. The third-order valence-corrected chi connectivity index (χ3v) is 7.33. The van der Waals surface area contributed by atoms with Crippen LogP contribution in [0, 0.1) is 6.92 Å². The van der Waals surface area contributed by atoms with Gasteiger partial charge < -0.3 is 29.2 Å². The van der Waals surface area contributed by atoms with Crippen molar-refractivity contribution in [3.05, 3.63) is 45.6 Å². The van der Waals surface area contributed by atoms with Gasteiger partial charge in [-0.3, -0.25) is 4.79 Å². The van der Waals surface area contributed by atoms with E-state index in [1.807, 2.05) is 0 Å². The molecule has 0 spiro atoms. The van der Waals surface area contributed by atoms with Crippen molar-refractivity contribution in [1.82, 2.24) is 20.2 Å². The fraction of sp³-hybridized carbons (Fsp3) is 0.577. The summed E-state index contributed by atoms with van der Waals surface area (Å²) in [6.45, 7) is 3.90. The monoisotopic (exact) mass is 572 g/mol. The van der Waals surface area contributed by atoms with Crippen LogP contribution in [0.3, 0.4) is 0 Å². The van der Waals surface area contributed by atoms with Crippen molar-refractivity contribution in [1.29, 1.82) is 0 Å². The molecule has 2 aromatic rings. The lowest BCUT2D eigenvalue weighted by atomic mass is 9.99. The Morgan fingerprint density at radius 1 is 1.21 bits per heavy atom. The summed E-state index contributed by atoms with van der Waals surface area (Å²) in [6.07, 6.45) is -2.12. The van der Waals surface area contributed by atoms with Crippen LogP contribution in [0.1, 0.15) is 46.4 Å². The number of carbonyl (C=O) groups excluding carboxylic acids is 1. The van der Waals surface area contributed by atoms with Gasteiger partial charge in [0.25, 0.3) is 5.91 Å². The Labute approximate surface area is 229 Å². The van der Waals surface area contributed by atoms with Crippen LogP contribution in [0.5, 0.6) is 11.9 Å². The molecule has 1 N–H and O–H groups in total. The second kappa shape index (κ2) is 12.7. The maximum Gasteiger partial charge on any atom is 0.417 e. The number of halogens is 4. The number of amides is 1. The second-order valence-corrected chi connectivity index (χ2v) is 9.97. The number of benzene rings is 1. The van der Waals surface area contributed by atoms with Crippen LogP contribution in [-0.4, -0.2) is 79.5 Å². The van der Waals surface area contributed by atoms with Crippen LogP contribution in [0.2, 0.25) is 5.02 Å². The highest BCUT2D eigenvalue weighted by Crippen LogP contribution is 2.35. The Balaban J connectivity index is 1.41. The van der Waals surface area contributed by atoms with Crippen molar-refractivity contribution in [2.75, 3.05) is 40.5 Å². The SMILES string of the molecule is COc1nc(OCc2ccc(C(F)(F)F)c(Cl)c2)c(C)c(C(=O)N2CCC(N[C@H]3CCOCC3OC)CC2)n1. The smallest absolute Gasteiger partial charge is 0.417 e. The van der Waals surface area contributed by atoms with E-state index in [4.69, 9.17) is 30.5 Å². The van der Waals surface area contributed by atoms with Gasteiger partial charge in [-0.15, -0.1) is 0 Å². The maximum absolute atomic E-state index is 13.4. The van der Waals surface area contributed by atoms with E-state index in [1.165, 1.54) is 19.2 Å². The molecule has 2 aliphatic rings. The first-order valence-electron chi connectivity index (χ1n) is 12.7. The first kappa shape index (κ1) is 29.3. The van der Waals surface area contributed by atoms with Crippen LogP contribution in [0.15, 0.2) is 18.2 Å². The number of rotatable bonds is 8. The number of likely N-dealkylation sites (tertiary alicyclic amines) is 1. The van der Waals surface area contributed by atoms with Crippen molar-refractivity contribution in [2.24, 2.45) is 0 Å². The van der Waals surface area contributed by atoms with Crippen molar-refractivity contribution in [2.45, 2.75) is 57.2 Å². The molecule has 13 heteroatoms. The molecule has 39 heavy (non-hydrogen) atoms. The molecule has 1 aromatic carbocycles. The lowest BCUT2D eigenvalue weighted by Crippen LogP contribution is -2.54. The summed E-state index contributed by atoms with van der Waals surface area (Å²) >= 11 is 5.82. The van der Waals surface area contributed by atoms with Gasteiger partial charge >= 0.3 is 12.2 Å². The molecular weight excluding hydrogens is 541 g/mol. The van der Waals surface area contributed by atoms with Crippen molar-refractivity contribution in [3.63, 3.8) is 0 Å². The van der Waals surface area contributed by atoms with Crippen LogP contribution in [-0.2, 0) is 22.3 Å². The largest absolute Gasteiger partial charge is 0.472 e. The van der Waals surface area contributed by atoms with Gasteiger partial charge in [-0.25, -0.2) is 0 Å². The third kappa shape index (κ3) is 7.10. The molecule has 0 saturated carbocycles. The number of carbonyl (C=O) groups is 1. The van der Waals surface area contributed by atoms with Crippen LogP contribution in [0.25, 0.3) is 0 Å². The van der Waals surface area contributed by atoms with E-state index in [0.717, 1.165) is 25.3 Å². The quantitative estimate of drug-likeness (QED) is 0.506. The van der Waals surface area contributed by atoms with Crippen LogP contribution in [0.4, 0.5) is 13.2 Å². The Bertz CT molecular complexity index is 1160. The number of ether oxygens (including phenoxy) is 4. The van der Waals surface area contributed by atoms with Gasteiger partial charge in [0.15, 0.2) is 0 Å². The van der Waals surface area contributed by atoms with Crippen LogP contribution < -0.4 is 14.8 Å². The number of methoxy groups -OCH3 is 2. The minimum absolute atomic E-state index is 0.00608. The first-order valence-corrected chi connectivity index (χ1v) is 13.1. The minimum atomic E-state index is -4.55. The highest BCUT2D eigenvalue weighted by molar-refractivity contribution is 6.31. The van der Waals surface area contributed by atoms with Crippen molar-refractivity contribution >= 4 is 17.5 Å². The zero-order chi connectivity index (χ0) is 28.2.